The second-order valence-corrected chi connectivity index (χ2v) is 7.85. The van der Waals surface area contributed by atoms with Gasteiger partial charge in [0, 0.05) is 39.1 Å². The topological polar surface area (TPSA) is 69.5 Å². The number of aryl methyl sites for hydroxylation is 1. The van der Waals surface area contributed by atoms with Crippen molar-refractivity contribution in [1.29, 1.82) is 0 Å². The molecule has 4 rings (SSSR count). The van der Waals surface area contributed by atoms with Crippen molar-refractivity contribution in [3.63, 3.8) is 0 Å². The molecule has 2 aromatic rings. The zero-order chi connectivity index (χ0) is 19.4. The number of aromatic nitrogens is 3. The SMILES string of the molecule is Cn1nccc1C(=O)N1CCC2(CC1)CC(CCOc1cccnc1)CCO2. The maximum absolute atomic E-state index is 12.7. The summed E-state index contributed by atoms with van der Waals surface area (Å²) < 4.78 is 13.7. The monoisotopic (exact) mass is 384 g/mol. The third kappa shape index (κ3) is 4.19. The van der Waals surface area contributed by atoms with E-state index in [2.05, 4.69) is 10.1 Å². The van der Waals surface area contributed by atoms with Crippen LogP contribution in [-0.2, 0) is 11.8 Å². The number of likely N-dealkylation sites (tertiary alicyclic amines) is 1. The van der Waals surface area contributed by atoms with E-state index in [1.165, 1.54) is 0 Å². The van der Waals surface area contributed by atoms with Crippen LogP contribution in [0.2, 0.25) is 0 Å². The zero-order valence-corrected chi connectivity index (χ0v) is 16.4. The number of nitrogens with zero attached hydrogens (tertiary/aromatic N) is 4. The molecule has 28 heavy (non-hydrogen) atoms. The Morgan fingerprint density at radius 2 is 2.18 bits per heavy atom. The summed E-state index contributed by atoms with van der Waals surface area (Å²) in [7, 11) is 1.81. The minimum absolute atomic E-state index is 0.0621. The highest BCUT2D eigenvalue weighted by Crippen LogP contribution is 2.39. The van der Waals surface area contributed by atoms with Crippen LogP contribution in [0.25, 0.3) is 0 Å². The van der Waals surface area contributed by atoms with E-state index in [0.717, 1.165) is 57.6 Å². The predicted molar refractivity (Wildman–Crippen MR) is 104 cm³/mol. The van der Waals surface area contributed by atoms with Gasteiger partial charge in [-0.15, -0.1) is 0 Å². The highest BCUT2D eigenvalue weighted by atomic mass is 16.5. The van der Waals surface area contributed by atoms with Crippen LogP contribution in [0, 0.1) is 5.92 Å². The number of piperidine rings is 1. The van der Waals surface area contributed by atoms with Crippen LogP contribution < -0.4 is 4.74 Å². The van der Waals surface area contributed by atoms with Crippen LogP contribution in [0.1, 0.15) is 42.6 Å². The molecular weight excluding hydrogens is 356 g/mol. The van der Waals surface area contributed by atoms with E-state index in [4.69, 9.17) is 9.47 Å². The number of rotatable bonds is 5. The van der Waals surface area contributed by atoms with Crippen molar-refractivity contribution in [2.45, 2.75) is 37.7 Å². The summed E-state index contributed by atoms with van der Waals surface area (Å²) in [6.07, 6.45) is 10.1. The Kier molecular flexibility index (Phi) is 5.62. The number of carbonyl (C=O) groups is 1. The van der Waals surface area contributed by atoms with Gasteiger partial charge in [-0.05, 0) is 56.2 Å². The molecule has 0 bridgehead atoms. The molecule has 2 saturated heterocycles. The summed E-state index contributed by atoms with van der Waals surface area (Å²) in [5.41, 5.74) is 0.562. The Morgan fingerprint density at radius 3 is 2.89 bits per heavy atom. The fourth-order valence-electron chi connectivity index (χ4n) is 4.36. The van der Waals surface area contributed by atoms with Crippen LogP contribution >= 0.6 is 0 Å². The number of hydrogen-bond acceptors (Lipinski definition) is 5. The fourth-order valence-corrected chi connectivity index (χ4v) is 4.36. The van der Waals surface area contributed by atoms with Gasteiger partial charge in [0.1, 0.15) is 11.4 Å². The summed E-state index contributed by atoms with van der Waals surface area (Å²) in [4.78, 5) is 18.7. The molecule has 7 nitrogen and oxygen atoms in total. The van der Waals surface area contributed by atoms with Gasteiger partial charge >= 0.3 is 0 Å². The van der Waals surface area contributed by atoms with E-state index < -0.39 is 0 Å². The van der Waals surface area contributed by atoms with Gasteiger partial charge in [0.05, 0.1) is 18.4 Å². The lowest BCUT2D eigenvalue weighted by Gasteiger charge is -2.46. The molecule has 2 fully saturated rings. The first-order valence-electron chi connectivity index (χ1n) is 10.1. The number of hydrogen-bond donors (Lipinski definition) is 0. The molecule has 1 unspecified atom stereocenters. The number of ether oxygens (including phenoxy) is 2. The highest BCUT2D eigenvalue weighted by molar-refractivity contribution is 5.92. The van der Waals surface area contributed by atoms with E-state index in [1.807, 2.05) is 17.0 Å². The largest absolute Gasteiger partial charge is 0.492 e. The maximum Gasteiger partial charge on any atom is 0.272 e. The van der Waals surface area contributed by atoms with Crippen molar-refractivity contribution in [2.24, 2.45) is 13.0 Å². The van der Waals surface area contributed by atoms with Crippen LogP contribution in [0.4, 0.5) is 0 Å². The van der Waals surface area contributed by atoms with Crippen molar-refractivity contribution < 1.29 is 14.3 Å². The fraction of sp³-hybridized carbons (Fsp3) is 0.571. The average Bonchev–Trinajstić information content (AvgIpc) is 3.15. The Bertz CT molecular complexity index is 784. The van der Waals surface area contributed by atoms with Gasteiger partial charge in [0.15, 0.2) is 0 Å². The van der Waals surface area contributed by atoms with Crippen molar-refractivity contribution in [1.82, 2.24) is 19.7 Å². The molecule has 0 aromatic carbocycles. The van der Waals surface area contributed by atoms with Gasteiger partial charge in [-0.2, -0.15) is 5.10 Å². The second-order valence-electron chi connectivity index (χ2n) is 7.85. The zero-order valence-electron chi connectivity index (χ0n) is 16.4. The predicted octanol–water partition coefficient (Wildman–Crippen LogP) is 2.69. The van der Waals surface area contributed by atoms with E-state index >= 15 is 0 Å². The normalized spacial score (nSPS) is 21.6. The Balaban J connectivity index is 1.27. The van der Waals surface area contributed by atoms with Gasteiger partial charge in [0.25, 0.3) is 5.91 Å². The molecule has 0 aliphatic carbocycles. The Labute approximate surface area is 165 Å². The third-order valence-electron chi connectivity index (χ3n) is 6.03. The number of carbonyl (C=O) groups excluding carboxylic acids is 1. The third-order valence-corrected chi connectivity index (χ3v) is 6.03. The highest BCUT2D eigenvalue weighted by Gasteiger charge is 2.41. The minimum atomic E-state index is -0.0829. The summed E-state index contributed by atoms with van der Waals surface area (Å²) in [6.45, 7) is 2.98. The van der Waals surface area contributed by atoms with Gasteiger partial charge < -0.3 is 14.4 Å². The first kappa shape index (κ1) is 18.9. The molecule has 0 saturated carbocycles. The van der Waals surface area contributed by atoms with E-state index in [0.29, 0.717) is 18.2 Å². The first-order chi connectivity index (χ1) is 13.7. The smallest absolute Gasteiger partial charge is 0.272 e. The molecule has 2 aliphatic rings. The van der Waals surface area contributed by atoms with E-state index in [9.17, 15) is 4.79 Å². The molecule has 2 aromatic heterocycles. The molecule has 0 N–H and O–H groups in total. The van der Waals surface area contributed by atoms with Crippen molar-refractivity contribution in [3.8, 4) is 5.75 Å². The molecule has 1 spiro atoms. The van der Waals surface area contributed by atoms with Gasteiger partial charge in [-0.3, -0.25) is 14.5 Å². The molecule has 1 amide bonds. The summed E-state index contributed by atoms with van der Waals surface area (Å²) in [5, 5.41) is 4.10. The van der Waals surface area contributed by atoms with Gasteiger partial charge in [-0.25, -0.2) is 0 Å². The van der Waals surface area contributed by atoms with Crippen molar-refractivity contribution in [2.75, 3.05) is 26.3 Å². The first-order valence-corrected chi connectivity index (χ1v) is 10.1. The second kappa shape index (κ2) is 8.31. The van der Waals surface area contributed by atoms with E-state index in [1.54, 1.807) is 36.4 Å². The molecule has 150 valence electrons. The number of amides is 1. The Hall–Kier alpha value is -2.41. The van der Waals surface area contributed by atoms with Crippen LogP contribution in [0.5, 0.6) is 5.75 Å². The molecule has 4 heterocycles. The van der Waals surface area contributed by atoms with Crippen LogP contribution in [0.3, 0.4) is 0 Å². The molecule has 0 radical (unpaired) electrons. The Morgan fingerprint density at radius 1 is 1.32 bits per heavy atom. The lowest BCUT2D eigenvalue weighted by molar-refractivity contribution is -0.125. The lowest BCUT2D eigenvalue weighted by Crippen LogP contribution is -2.51. The standard InChI is InChI=1S/C21H28N4O3/c1-24-19(4-10-23-24)20(26)25-11-7-21(8-12-25)15-17(6-14-28-21)5-13-27-18-3-2-9-22-16-18/h2-4,9-10,16-17H,5-8,11-15H2,1H3. The average molecular weight is 384 g/mol. The summed E-state index contributed by atoms with van der Waals surface area (Å²) in [6, 6.07) is 5.61. The molecule has 7 heteroatoms. The molecular formula is C21H28N4O3. The van der Waals surface area contributed by atoms with Crippen molar-refractivity contribution >= 4 is 5.91 Å². The summed E-state index contributed by atoms with van der Waals surface area (Å²) in [5.74, 6) is 1.49. The molecule has 2 aliphatic heterocycles. The van der Waals surface area contributed by atoms with Crippen molar-refractivity contribution in [3.05, 3.63) is 42.5 Å². The van der Waals surface area contributed by atoms with Gasteiger partial charge in [0.2, 0.25) is 0 Å². The van der Waals surface area contributed by atoms with Gasteiger partial charge in [-0.1, -0.05) is 0 Å². The number of pyridine rings is 1. The van der Waals surface area contributed by atoms with Crippen LogP contribution in [-0.4, -0.2) is 57.5 Å². The maximum atomic E-state index is 12.7. The van der Waals surface area contributed by atoms with E-state index in [-0.39, 0.29) is 11.5 Å². The van der Waals surface area contributed by atoms with Crippen LogP contribution in [0.15, 0.2) is 36.8 Å². The molecule has 1 atom stereocenters. The summed E-state index contributed by atoms with van der Waals surface area (Å²) >= 11 is 0. The minimum Gasteiger partial charge on any atom is -0.492 e. The lowest BCUT2D eigenvalue weighted by atomic mass is 9.78. The quantitative estimate of drug-likeness (QED) is 0.793.